The van der Waals surface area contributed by atoms with Gasteiger partial charge in [0.25, 0.3) is 0 Å². The van der Waals surface area contributed by atoms with E-state index in [4.69, 9.17) is 15.2 Å². The van der Waals surface area contributed by atoms with E-state index in [1.165, 1.54) is 0 Å². The normalized spacial score (nSPS) is 12.9. The lowest BCUT2D eigenvalue weighted by atomic mass is 10.1. The molecule has 0 saturated carbocycles. The predicted octanol–water partition coefficient (Wildman–Crippen LogP) is 2.30. The summed E-state index contributed by atoms with van der Waals surface area (Å²) >= 11 is 0. The first kappa shape index (κ1) is 17.0. The summed E-state index contributed by atoms with van der Waals surface area (Å²) in [5.41, 5.74) is 7.44. The molecule has 0 aliphatic carbocycles. The molecule has 0 fully saturated rings. The van der Waals surface area contributed by atoms with Gasteiger partial charge in [0.05, 0.1) is 13.7 Å². The first-order valence-corrected chi connectivity index (χ1v) is 7.17. The van der Waals surface area contributed by atoms with Gasteiger partial charge in [0.2, 0.25) is 0 Å². The zero-order chi connectivity index (χ0) is 15.0. The van der Waals surface area contributed by atoms with Gasteiger partial charge in [-0.15, -0.1) is 0 Å². The van der Waals surface area contributed by atoms with Crippen molar-refractivity contribution >= 4 is 0 Å². The molecule has 1 rings (SSSR count). The Kier molecular flexibility index (Phi) is 7.59. The number of benzene rings is 1. The predicted molar refractivity (Wildman–Crippen MR) is 83.1 cm³/mol. The van der Waals surface area contributed by atoms with Crippen molar-refractivity contribution in [3.8, 4) is 5.75 Å². The van der Waals surface area contributed by atoms with Crippen LogP contribution in [0.4, 0.5) is 0 Å². The third-order valence-electron chi connectivity index (χ3n) is 3.21. The minimum Gasteiger partial charge on any atom is -0.497 e. The van der Waals surface area contributed by atoms with Gasteiger partial charge in [0, 0.05) is 32.8 Å². The molecule has 2 N–H and O–H groups in total. The van der Waals surface area contributed by atoms with Crippen LogP contribution in [0.15, 0.2) is 24.3 Å². The van der Waals surface area contributed by atoms with Crippen LogP contribution < -0.4 is 10.5 Å². The topological polar surface area (TPSA) is 47.7 Å². The van der Waals surface area contributed by atoms with Gasteiger partial charge in [0.1, 0.15) is 5.75 Å². The van der Waals surface area contributed by atoms with E-state index in [2.05, 4.69) is 24.8 Å². The molecule has 0 heterocycles. The highest BCUT2D eigenvalue weighted by molar-refractivity contribution is 5.30. The molecule has 0 aliphatic rings. The molecule has 1 aromatic carbocycles. The number of rotatable bonds is 9. The van der Waals surface area contributed by atoms with Gasteiger partial charge >= 0.3 is 0 Å². The number of hydrogen-bond donors (Lipinski definition) is 1. The smallest absolute Gasteiger partial charge is 0.119 e. The molecular formula is C16H28N2O2. The van der Waals surface area contributed by atoms with E-state index in [0.29, 0.717) is 5.92 Å². The van der Waals surface area contributed by atoms with Crippen molar-refractivity contribution in [2.75, 3.05) is 40.5 Å². The Balaban J connectivity index is 2.65. The molecule has 0 amide bonds. The second-order valence-corrected chi connectivity index (χ2v) is 5.53. The molecule has 20 heavy (non-hydrogen) atoms. The standard InChI is InChI=1S/C16H28N2O2/c1-13(2)11-18(8-9-19-3)12-16(17)14-6-5-7-15(10-14)20-4/h5-7,10,13,16H,8-9,11-12,17H2,1-4H3. The molecule has 4 heteroatoms. The first-order chi connectivity index (χ1) is 9.56. The van der Waals surface area contributed by atoms with E-state index in [9.17, 15) is 0 Å². The first-order valence-electron chi connectivity index (χ1n) is 7.17. The summed E-state index contributed by atoms with van der Waals surface area (Å²) in [5, 5.41) is 0. The second kappa shape index (κ2) is 8.95. The van der Waals surface area contributed by atoms with Crippen LogP contribution in [0.2, 0.25) is 0 Å². The molecule has 114 valence electrons. The zero-order valence-corrected chi connectivity index (χ0v) is 13.1. The molecule has 0 saturated heterocycles. The van der Waals surface area contributed by atoms with Gasteiger partial charge in [-0.3, -0.25) is 4.90 Å². The van der Waals surface area contributed by atoms with Crippen LogP contribution in [0.1, 0.15) is 25.5 Å². The highest BCUT2D eigenvalue weighted by atomic mass is 16.5. The van der Waals surface area contributed by atoms with Crippen LogP contribution >= 0.6 is 0 Å². The van der Waals surface area contributed by atoms with Crippen LogP contribution in [0.3, 0.4) is 0 Å². The summed E-state index contributed by atoms with van der Waals surface area (Å²) in [5.74, 6) is 1.47. The van der Waals surface area contributed by atoms with Gasteiger partial charge in [0.15, 0.2) is 0 Å². The maximum absolute atomic E-state index is 6.33. The third kappa shape index (κ3) is 5.90. The Morgan fingerprint density at radius 2 is 1.95 bits per heavy atom. The minimum absolute atomic E-state index is 0.0132. The van der Waals surface area contributed by atoms with E-state index < -0.39 is 0 Å². The van der Waals surface area contributed by atoms with E-state index in [-0.39, 0.29) is 6.04 Å². The van der Waals surface area contributed by atoms with Gasteiger partial charge in [-0.2, -0.15) is 0 Å². The van der Waals surface area contributed by atoms with Crippen molar-refractivity contribution in [3.63, 3.8) is 0 Å². The van der Waals surface area contributed by atoms with Gasteiger partial charge in [-0.1, -0.05) is 26.0 Å². The monoisotopic (exact) mass is 280 g/mol. The maximum atomic E-state index is 6.33. The molecule has 0 bridgehead atoms. The van der Waals surface area contributed by atoms with Crippen molar-refractivity contribution in [1.82, 2.24) is 4.90 Å². The fourth-order valence-corrected chi connectivity index (χ4v) is 2.25. The Labute approximate surface area is 122 Å². The molecule has 1 aromatic rings. The summed E-state index contributed by atoms with van der Waals surface area (Å²) < 4.78 is 10.4. The fraction of sp³-hybridized carbons (Fsp3) is 0.625. The minimum atomic E-state index is -0.0132. The van der Waals surface area contributed by atoms with Crippen LogP contribution in [-0.4, -0.2) is 45.4 Å². The lowest BCUT2D eigenvalue weighted by molar-refractivity contribution is 0.136. The lowest BCUT2D eigenvalue weighted by Gasteiger charge is -2.27. The number of ether oxygens (including phenoxy) is 2. The number of nitrogens with zero attached hydrogens (tertiary/aromatic N) is 1. The molecule has 0 spiro atoms. The molecule has 0 aromatic heterocycles. The average Bonchev–Trinajstić information content (AvgIpc) is 2.44. The SMILES string of the molecule is COCCN(CC(C)C)CC(N)c1cccc(OC)c1. The van der Waals surface area contributed by atoms with Crippen LogP contribution in [-0.2, 0) is 4.74 Å². The number of hydrogen-bond acceptors (Lipinski definition) is 4. The van der Waals surface area contributed by atoms with E-state index >= 15 is 0 Å². The highest BCUT2D eigenvalue weighted by Crippen LogP contribution is 2.18. The van der Waals surface area contributed by atoms with Crippen LogP contribution in [0.25, 0.3) is 0 Å². The summed E-state index contributed by atoms with van der Waals surface area (Å²) in [7, 11) is 3.41. The molecule has 0 radical (unpaired) electrons. The summed E-state index contributed by atoms with van der Waals surface area (Å²) in [4.78, 5) is 2.36. The summed E-state index contributed by atoms with van der Waals surface area (Å²) in [6.07, 6.45) is 0. The Morgan fingerprint density at radius 1 is 1.20 bits per heavy atom. The number of methoxy groups -OCH3 is 2. The highest BCUT2D eigenvalue weighted by Gasteiger charge is 2.14. The fourth-order valence-electron chi connectivity index (χ4n) is 2.25. The van der Waals surface area contributed by atoms with Crippen LogP contribution in [0, 0.1) is 5.92 Å². The zero-order valence-electron chi connectivity index (χ0n) is 13.1. The molecule has 4 nitrogen and oxygen atoms in total. The Morgan fingerprint density at radius 3 is 2.55 bits per heavy atom. The van der Waals surface area contributed by atoms with E-state index in [1.54, 1.807) is 14.2 Å². The second-order valence-electron chi connectivity index (χ2n) is 5.53. The molecule has 0 aliphatic heterocycles. The van der Waals surface area contributed by atoms with Gasteiger partial charge in [-0.05, 0) is 23.6 Å². The Bertz CT molecular complexity index is 382. The molecule has 1 atom stereocenters. The van der Waals surface area contributed by atoms with Crippen molar-refractivity contribution in [2.45, 2.75) is 19.9 Å². The van der Waals surface area contributed by atoms with Gasteiger partial charge < -0.3 is 15.2 Å². The number of nitrogens with two attached hydrogens (primary N) is 1. The van der Waals surface area contributed by atoms with Crippen LogP contribution in [0.5, 0.6) is 5.75 Å². The summed E-state index contributed by atoms with van der Waals surface area (Å²) in [6, 6.07) is 7.97. The van der Waals surface area contributed by atoms with Gasteiger partial charge in [-0.25, -0.2) is 0 Å². The molecular weight excluding hydrogens is 252 g/mol. The summed E-state index contributed by atoms with van der Waals surface area (Å²) in [6.45, 7) is 7.94. The van der Waals surface area contributed by atoms with E-state index in [0.717, 1.165) is 37.6 Å². The maximum Gasteiger partial charge on any atom is 0.119 e. The third-order valence-corrected chi connectivity index (χ3v) is 3.21. The Hall–Kier alpha value is -1.10. The largest absolute Gasteiger partial charge is 0.497 e. The van der Waals surface area contributed by atoms with E-state index in [1.807, 2.05) is 18.2 Å². The van der Waals surface area contributed by atoms with Crippen molar-refractivity contribution in [1.29, 1.82) is 0 Å². The van der Waals surface area contributed by atoms with Crippen molar-refractivity contribution in [3.05, 3.63) is 29.8 Å². The quantitative estimate of drug-likeness (QED) is 0.754. The van der Waals surface area contributed by atoms with Crippen molar-refractivity contribution < 1.29 is 9.47 Å². The van der Waals surface area contributed by atoms with Crippen molar-refractivity contribution in [2.24, 2.45) is 11.7 Å². The lowest BCUT2D eigenvalue weighted by Crippen LogP contribution is -2.37. The average molecular weight is 280 g/mol. The molecule has 1 unspecified atom stereocenters.